The number of nitrogens with zero attached hydrogens (tertiary/aromatic N) is 1. The third-order valence-electron chi connectivity index (χ3n) is 2.27. The molecule has 0 aliphatic heterocycles. The minimum Gasteiger partial charge on any atom is -0.341 e. The number of carbonyl (C=O) groups excluding carboxylic acids is 1. The molecule has 0 saturated heterocycles. The van der Waals surface area contributed by atoms with Gasteiger partial charge in [-0.15, -0.1) is 11.3 Å². The predicted molar refractivity (Wildman–Crippen MR) is 69.0 cm³/mol. The van der Waals surface area contributed by atoms with Crippen molar-refractivity contribution in [3.63, 3.8) is 0 Å². The normalized spacial score (nSPS) is 12.5. The number of hydrogen-bond acceptors (Lipinski definition) is 2. The van der Waals surface area contributed by atoms with Gasteiger partial charge in [0, 0.05) is 18.4 Å². The zero-order chi connectivity index (χ0) is 11.4. The Hall–Kier alpha value is -0.350. The highest BCUT2D eigenvalue weighted by Gasteiger charge is 2.15. The van der Waals surface area contributed by atoms with Crippen LogP contribution in [0.3, 0.4) is 0 Å². The van der Waals surface area contributed by atoms with E-state index in [1.807, 2.05) is 25.4 Å². The molecule has 1 atom stereocenters. The van der Waals surface area contributed by atoms with E-state index in [9.17, 15) is 4.79 Å². The van der Waals surface area contributed by atoms with Crippen molar-refractivity contribution in [1.29, 1.82) is 0 Å². The molecule has 1 heterocycles. The molecule has 0 saturated carbocycles. The van der Waals surface area contributed by atoms with Gasteiger partial charge in [-0.05, 0) is 30.4 Å². The Balaban J connectivity index is 2.57. The van der Waals surface area contributed by atoms with Crippen molar-refractivity contribution in [3.8, 4) is 0 Å². The molecule has 0 aliphatic carbocycles. The number of thiophene rings is 1. The Kier molecular flexibility index (Phi) is 4.80. The Labute approximate surface area is 103 Å². The van der Waals surface area contributed by atoms with E-state index in [-0.39, 0.29) is 5.91 Å². The molecule has 84 valence electrons. The van der Waals surface area contributed by atoms with Crippen LogP contribution in [-0.2, 0) is 0 Å². The summed E-state index contributed by atoms with van der Waals surface area (Å²) >= 11 is 5.00. The summed E-state index contributed by atoms with van der Waals surface area (Å²) < 4.78 is 0. The first-order valence-electron chi connectivity index (χ1n) is 4.96. The first kappa shape index (κ1) is 12.7. The third-order valence-corrected chi connectivity index (χ3v) is 3.73. The molecule has 0 spiro atoms. The molecule has 0 bridgehead atoms. The molecule has 15 heavy (non-hydrogen) atoms. The molecule has 1 aromatic heterocycles. The van der Waals surface area contributed by atoms with E-state index < -0.39 is 0 Å². The summed E-state index contributed by atoms with van der Waals surface area (Å²) in [7, 11) is 1.86. The van der Waals surface area contributed by atoms with Gasteiger partial charge in [0.2, 0.25) is 0 Å². The zero-order valence-electron chi connectivity index (χ0n) is 9.29. The van der Waals surface area contributed by atoms with Gasteiger partial charge >= 0.3 is 0 Å². The van der Waals surface area contributed by atoms with E-state index in [0.717, 1.165) is 23.4 Å². The fraction of sp³-hybridized carbons (Fsp3) is 0.545. The van der Waals surface area contributed by atoms with Crippen molar-refractivity contribution < 1.29 is 4.79 Å². The summed E-state index contributed by atoms with van der Waals surface area (Å²) in [6.45, 7) is 4.86. The second-order valence-corrected chi connectivity index (χ2v) is 6.21. The molecular weight excluding hydrogens is 274 g/mol. The lowest BCUT2D eigenvalue weighted by Crippen LogP contribution is -2.28. The van der Waals surface area contributed by atoms with E-state index in [4.69, 9.17) is 0 Å². The summed E-state index contributed by atoms with van der Waals surface area (Å²) in [4.78, 5) is 15.1. The van der Waals surface area contributed by atoms with E-state index in [1.165, 1.54) is 11.3 Å². The fourth-order valence-electron chi connectivity index (χ4n) is 1.24. The van der Waals surface area contributed by atoms with Crippen LogP contribution in [0.2, 0.25) is 0 Å². The maximum Gasteiger partial charge on any atom is 0.263 e. The molecule has 0 aliphatic rings. The minimum absolute atomic E-state index is 0.135. The van der Waals surface area contributed by atoms with Crippen LogP contribution in [0.5, 0.6) is 0 Å². The maximum atomic E-state index is 12.0. The van der Waals surface area contributed by atoms with Crippen LogP contribution < -0.4 is 0 Å². The lowest BCUT2D eigenvalue weighted by Gasteiger charge is -2.17. The molecule has 1 aromatic rings. The van der Waals surface area contributed by atoms with E-state index >= 15 is 0 Å². The molecule has 2 nitrogen and oxygen atoms in total. The van der Waals surface area contributed by atoms with E-state index in [2.05, 4.69) is 22.9 Å². The largest absolute Gasteiger partial charge is 0.341 e. The van der Waals surface area contributed by atoms with Crippen molar-refractivity contribution in [2.75, 3.05) is 13.6 Å². The van der Waals surface area contributed by atoms with Gasteiger partial charge in [0.1, 0.15) is 0 Å². The summed E-state index contributed by atoms with van der Waals surface area (Å²) in [6.07, 6.45) is 0.979. The molecule has 0 radical (unpaired) electrons. The van der Waals surface area contributed by atoms with E-state index in [1.54, 1.807) is 4.90 Å². The van der Waals surface area contributed by atoms with Gasteiger partial charge < -0.3 is 4.90 Å². The fourth-order valence-corrected chi connectivity index (χ4v) is 2.36. The van der Waals surface area contributed by atoms with Gasteiger partial charge in [-0.25, -0.2) is 0 Å². The molecule has 4 heteroatoms. The number of amides is 1. The average molecular weight is 290 g/mol. The van der Waals surface area contributed by atoms with Crippen LogP contribution in [0.1, 0.15) is 28.6 Å². The molecule has 0 aromatic carbocycles. The average Bonchev–Trinajstić information content (AvgIpc) is 2.59. The Morgan fingerprint density at radius 3 is 2.80 bits per heavy atom. The Morgan fingerprint density at radius 2 is 2.33 bits per heavy atom. The van der Waals surface area contributed by atoms with Crippen molar-refractivity contribution in [2.45, 2.75) is 25.1 Å². The highest BCUT2D eigenvalue weighted by Crippen LogP contribution is 2.17. The number of alkyl halides is 1. The molecular formula is C11H16BrNOS. The van der Waals surface area contributed by atoms with Crippen LogP contribution >= 0.6 is 27.3 Å². The molecule has 1 amide bonds. The molecule has 1 unspecified atom stereocenters. The number of aryl methyl sites for hydroxylation is 1. The van der Waals surface area contributed by atoms with Crippen molar-refractivity contribution in [2.24, 2.45) is 0 Å². The van der Waals surface area contributed by atoms with Gasteiger partial charge in [0.15, 0.2) is 0 Å². The van der Waals surface area contributed by atoms with Crippen LogP contribution in [0.25, 0.3) is 0 Å². The van der Waals surface area contributed by atoms with Gasteiger partial charge in [0.25, 0.3) is 5.91 Å². The van der Waals surface area contributed by atoms with Crippen LogP contribution in [-0.4, -0.2) is 29.2 Å². The number of hydrogen-bond donors (Lipinski definition) is 0. The predicted octanol–water partition coefficient (Wildman–Crippen LogP) is 3.30. The second-order valence-electron chi connectivity index (χ2n) is 3.73. The Bertz CT molecular complexity index is 335. The number of halogens is 1. The van der Waals surface area contributed by atoms with E-state index in [0.29, 0.717) is 4.83 Å². The third kappa shape index (κ3) is 3.61. The quantitative estimate of drug-likeness (QED) is 0.779. The van der Waals surface area contributed by atoms with Crippen molar-refractivity contribution >= 4 is 33.2 Å². The lowest BCUT2D eigenvalue weighted by atomic mass is 10.2. The second kappa shape index (κ2) is 5.66. The number of rotatable bonds is 4. The highest BCUT2D eigenvalue weighted by atomic mass is 79.9. The molecule has 0 N–H and O–H groups in total. The minimum atomic E-state index is 0.135. The smallest absolute Gasteiger partial charge is 0.263 e. The highest BCUT2D eigenvalue weighted by molar-refractivity contribution is 9.09. The lowest BCUT2D eigenvalue weighted by molar-refractivity contribution is 0.0798. The molecule has 1 rings (SSSR count). The SMILES string of the molecule is Cc1ccsc1C(=O)N(C)CCC(C)Br. The van der Waals surface area contributed by atoms with Gasteiger partial charge in [-0.3, -0.25) is 4.79 Å². The van der Waals surface area contributed by atoms with Gasteiger partial charge in [0.05, 0.1) is 4.88 Å². The van der Waals surface area contributed by atoms with Crippen LogP contribution in [0, 0.1) is 6.92 Å². The summed E-state index contributed by atoms with van der Waals surface area (Å²) in [5, 5.41) is 1.96. The van der Waals surface area contributed by atoms with Crippen molar-refractivity contribution in [1.82, 2.24) is 4.90 Å². The maximum absolute atomic E-state index is 12.0. The summed E-state index contributed by atoms with van der Waals surface area (Å²) in [6, 6.07) is 1.98. The summed E-state index contributed by atoms with van der Waals surface area (Å²) in [5.41, 5.74) is 1.07. The Morgan fingerprint density at radius 1 is 1.67 bits per heavy atom. The van der Waals surface area contributed by atoms with Crippen LogP contribution in [0.15, 0.2) is 11.4 Å². The van der Waals surface area contributed by atoms with Gasteiger partial charge in [-0.1, -0.05) is 22.9 Å². The zero-order valence-corrected chi connectivity index (χ0v) is 11.7. The van der Waals surface area contributed by atoms with Crippen LogP contribution in [0.4, 0.5) is 0 Å². The standard InChI is InChI=1S/C11H16BrNOS/c1-8-5-7-15-10(8)11(14)13(3)6-4-9(2)12/h5,7,9H,4,6H2,1-3H3. The summed E-state index contributed by atoms with van der Waals surface area (Å²) in [5.74, 6) is 0.135. The topological polar surface area (TPSA) is 20.3 Å². The van der Waals surface area contributed by atoms with Gasteiger partial charge in [-0.2, -0.15) is 0 Å². The first-order valence-corrected chi connectivity index (χ1v) is 6.75. The monoisotopic (exact) mass is 289 g/mol. The number of carbonyl (C=O) groups is 1. The first-order chi connectivity index (χ1) is 7.02. The van der Waals surface area contributed by atoms with Crippen molar-refractivity contribution in [3.05, 3.63) is 21.9 Å². The molecule has 0 fully saturated rings.